The average molecular weight is 235 g/mol. The minimum atomic E-state index is -1.34. The molecule has 1 aliphatic rings. The SMILES string of the molecule is CN(CCC(=O)O)CC1CCC(F)C(F)C1. The van der Waals surface area contributed by atoms with Crippen molar-refractivity contribution in [2.24, 2.45) is 5.92 Å². The molecule has 0 saturated heterocycles. The minimum absolute atomic E-state index is 0.0913. The first-order chi connectivity index (χ1) is 7.49. The van der Waals surface area contributed by atoms with Crippen LogP contribution in [0.3, 0.4) is 0 Å². The molecule has 3 atom stereocenters. The molecule has 0 aromatic heterocycles. The van der Waals surface area contributed by atoms with Gasteiger partial charge in [-0.3, -0.25) is 4.79 Å². The molecule has 0 radical (unpaired) electrons. The van der Waals surface area contributed by atoms with Gasteiger partial charge in [-0.2, -0.15) is 0 Å². The topological polar surface area (TPSA) is 40.5 Å². The fraction of sp³-hybridized carbons (Fsp3) is 0.909. The lowest BCUT2D eigenvalue weighted by atomic mass is 9.86. The molecule has 0 amide bonds. The Labute approximate surface area is 94.4 Å². The third-order valence-electron chi connectivity index (χ3n) is 3.08. The summed E-state index contributed by atoms with van der Waals surface area (Å²) in [4.78, 5) is 12.2. The smallest absolute Gasteiger partial charge is 0.304 e. The molecule has 1 saturated carbocycles. The van der Waals surface area contributed by atoms with Gasteiger partial charge in [-0.1, -0.05) is 0 Å². The molecule has 1 N–H and O–H groups in total. The van der Waals surface area contributed by atoms with Gasteiger partial charge in [0.15, 0.2) is 0 Å². The van der Waals surface area contributed by atoms with Crippen molar-refractivity contribution in [1.29, 1.82) is 0 Å². The maximum Gasteiger partial charge on any atom is 0.304 e. The van der Waals surface area contributed by atoms with Crippen molar-refractivity contribution in [2.75, 3.05) is 20.1 Å². The number of carbonyl (C=O) groups is 1. The van der Waals surface area contributed by atoms with E-state index in [2.05, 4.69) is 0 Å². The molecule has 5 heteroatoms. The summed E-state index contributed by atoms with van der Waals surface area (Å²) < 4.78 is 26.0. The maximum atomic E-state index is 13.1. The second-order valence-electron chi connectivity index (χ2n) is 4.62. The third-order valence-corrected chi connectivity index (χ3v) is 3.08. The second kappa shape index (κ2) is 6.13. The number of alkyl halides is 2. The Balaban J connectivity index is 2.23. The van der Waals surface area contributed by atoms with E-state index in [-0.39, 0.29) is 18.8 Å². The van der Waals surface area contributed by atoms with Crippen molar-refractivity contribution in [3.8, 4) is 0 Å². The zero-order valence-corrected chi connectivity index (χ0v) is 9.53. The Bertz CT molecular complexity index is 238. The molecule has 0 aromatic rings. The number of hydrogen-bond donors (Lipinski definition) is 1. The fourth-order valence-corrected chi connectivity index (χ4v) is 2.14. The first-order valence-electron chi connectivity index (χ1n) is 5.67. The zero-order valence-electron chi connectivity index (χ0n) is 9.53. The molecule has 94 valence electrons. The van der Waals surface area contributed by atoms with E-state index in [9.17, 15) is 13.6 Å². The summed E-state index contributed by atoms with van der Waals surface area (Å²) >= 11 is 0. The largest absolute Gasteiger partial charge is 0.481 e. The Morgan fingerprint density at radius 1 is 1.38 bits per heavy atom. The van der Waals surface area contributed by atoms with Gasteiger partial charge in [0.25, 0.3) is 0 Å². The van der Waals surface area contributed by atoms with E-state index in [0.717, 1.165) is 0 Å². The van der Waals surface area contributed by atoms with Crippen LogP contribution in [0.2, 0.25) is 0 Å². The summed E-state index contributed by atoms with van der Waals surface area (Å²) in [5.74, 6) is -0.677. The van der Waals surface area contributed by atoms with Gasteiger partial charge in [0.1, 0.15) is 12.3 Å². The highest BCUT2D eigenvalue weighted by molar-refractivity contribution is 5.66. The number of carboxylic acids is 1. The van der Waals surface area contributed by atoms with Crippen LogP contribution in [0.15, 0.2) is 0 Å². The normalized spacial score (nSPS) is 30.6. The lowest BCUT2D eigenvalue weighted by molar-refractivity contribution is -0.137. The van der Waals surface area contributed by atoms with Crippen LogP contribution in [0.25, 0.3) is 0 Å². The van der Waals surface area contributed by atoms with Gasteiger partial charge >= 0.3 is 5.97 Å². The predicted molar refractivity (Wildman–Crippen MR) is 56.9 cm³/mol. The molecule has 0 aromatic carbocycles. The van der Waals surface area contributed by atoms with Gasteiger partial charge in [-0.05, 0) is 32.2 Å². The lowest BCUT2D eigenvalue weighted by Gasteiger charge is -2.30. The summed E-state index contributed by atoms with van der Waals surface area (Å²) in [5.41, 5.74) is 0. The highest BCUT2D eigenvalue weighted by atomic mass is 19.2. The van der Waals surface area contributed by atoms with Crippen LogP contribution in [0, 0.1) is 5.92 Å². The van der Waals surface area contributed by atoms with Crippen LogP contribution < -0.4 is 0 Å². The van der Waals surface area contributed by atoms with Gasteiger partial charge in [-0.25, -0.2) is 8.78 Å². The van der Waals surface area contributed by atoms with Crippen molar-refractivity contribution in [3.05, 3.63) is 0 Å². The standard InChI is InChI=1S/C11H19F2NO2/c1-14(5-4-11(15)16)7-8-2-3-9(12)10(13)6-8/h8-10H,2-7H2,1H3,(H,15,16). The minimum Gasteiger partial charge on any atom is -0.481 e. The van der Waals surface area contributed by atoms with E-state index in [0.29, 0.717) is 25.9 Å². The van der Waals surface area contributed by atoms with E-state index >= 15 is 0 Å². The number of halogens is 2. The summed E-state index contributed by atoms with van der Waals surface area (Å²) in [6.45, 7) is 1.11. The van der Waals surface area contributed by atoms with E-state index in [4.69, 9.17) is 5.11 Å². The summed E-state index contributed by atoms with van der Waals surface area (Å²) in [6.07, 6.45) is -1.31. The number of rotatable bonds is 5. The molecule has 16 heavy (non-hydrogen) atoms. The van der Waals surface area contributed by atoms with Crippen LogP contribution in [-0.2, 0) is 4.79 Å². The van der Waals surface area contributed by atoms with E-state index in [1.165, 1.54) is 0 Å². The van der Waals surface area contributed by atoms with Crippen molar-refractivity contribution in [2.45, 2.75) is 38.0 Å². The van der Waals surface area contributed by atoms with Crippen molar-refractivity contribution in [3.63, 3.8) is 0 Å². The van der Waals surface area contributed by atoms with Gasteiger partial charge in [-0.15, -0.1) is 0 Å². The van der Waals surface area contributed by atoms with Gasteiger partial charge in [0.2, 0.25) is 0 Å². The maximum absolute atomic E-state index is 13.1. The molecule has 3 unspecified atom stereocenters. The summed E-state index contributed by atoms with van der Waals surface area (Å²) in [6, 6.07) is 0. The molecule has 0 bridgehead atoms. The van der Waals surface area contributed by atoms with Crippen LogP contribution in [0.5, 0.6) is 0 Å². The fourth-order valence-electron chi connectivity index (χ4n) is 2.14. The molecule has 1 rings (SSSR count). The first kappa shape index (κ1) is 13.4. The van der Waals surface area contributed by atoms with Gasteiger partial charge in [0, 0.05) is 13.1 Å². The second-order valence-corrected chi connectivity index (χ2v) is 4.62. The molecular weight excluding hydrogens is 216 g/mol. The molecule has 0 spiro atoms. The molecule has 0 aliphatic heterocycles. The first-order valence-corrected chi connectivity index (χ1v) is 5.67. The van der Waals surface area contributed by atoms with E-state index in [1.54, 1.807) is 0 Å². The van der Waals surface area contributed by atoms with Gasteiger partial charge < -0.3 is 10.0 Å². The van der Waals surface area contributed by atoms with Crippen LogP contribution in [0.1, 0.15) is 25.7 Å². The molecule has 0 heterocycles. The quantitative estimate of drug-likeness (QED) is 0.790. The number of aliphatic carboxylic acids is 1. The average Bonchev–Trinajstić information content (AvgIpc) is 2.21. The molecule has 1 fully saturated rings. The number of hydrogen-bond acceptors (Lipinski definition) is 2. The monoisotopic (exact) mass is 235 g/mol. The number of carboxylic acid groups (broad SMARTS) is 1. The number of nitrogens with zero attached hydrogens (tertiary/aromatic N) is 1. The highest BCUT2D eigenvalue weighted by Gasteiger charge is 2.30. The Hall–Kier alpha value is -0.710. The van der Waals surface area contributed by atoms with Gasteiger partial charge in [0.05, 0.1) is 6.42 Å². The van der Waals surface area contributed by atoms with Crippen LogP contribution in [0.4, 0.5) is 8.78 Å². The molecule has 3 nitrogen and oxygen atoms in total. The zero-order chi connectivity index (χ0) is 12.1. The third kappa shape index (κ3) is 4.43. The lowest BCUT2D eigenvalue weighted by Crippen LogP contribution is -2.34. The van der Waals surface area contributed by atoms with Crippen molar-refractivity contribution in [1.82, 2.24) is 4.90 Å². The van der Waals surface area contributed by atoms with Crippen molar-refractivity contribution < 1.29 is 18.7 Å². The van der Waals surface area contributed by atoms with Crippen LogP contribution >= 0.6 is 0 Å². The molecule has 1 aliphatic carbocycles. The summed E-state index contributed by atoms with van der Waals surface area (Å²) in [5, 5.41) is 8.51. The predicted octanol–water partition coefficient (Wildman–Crippen LogP) is 1.87. The van der Waals surface area contributed by atoms with E-state index in [1.807, 2.05) is 11.9 Å². The Morgan fingerprint density at radius 2 is 2.06 bits per heavy atom. The Kier molecular flexibility index (Phi) is 5.12. The van der Waals surface area contributed by atoms with Crippen LogP contribution in [-0.4, -0.2) is 48.5 Å². The molecular formula is C11H19F2NO2. The highest BCUT2D eigenvalue weighted by Crippen LogP contribution is 2.29. The van der Waals surface area contributed by atoms with E-state index < -0.39 is 18.3 Å². The Morgan fingerprint density at radius 3 is 2.62 bits per heavy atom. The van der Waals surface area contributed by atoms with Crippen molar-refractivity contribution >= 4 is 5.97 Å². The summed E-state index contributed by atoms with van der Waals surface area (Å²) in [7, 11) is 1.82.